The van der Waals surface area contributed by atoms with Gasteiger partial charge >= 0.3 is 11.9 Å². The topological polar surface area (TPSA) is 52.6 Å². The lowest BCUT2D eigenvalue weighted by molar-refractivity contribution is -0.162. The van der Waals surface area contributed by atoms with E-state index in [0.29, 0.717) is 12.0 Å². The van der Waals surface area contributed by atoms with Gasteiger partial charge in [-0.05, 0) is 84.0 Å². The molecule has 0 bridgehead atoms. The van der Waals surface area contributed by atoms with Crippen LogP contribution in [-0.2, 0) is 19.1 Å². The molecule has 4 nitrogen and oxygen atoms in total. The van der Waals surface area contributed by atoms with Gasteiger partial charge in [0.25, 0.3) is 0 Å². The van der Waals surface area contributed by atoms with Crippen molar-refractivity contribution in [3.8, 4) is 0 Å². The van der Waals surface area contributed by atoms with E-state index in [0.717, 1.165) is 38.0 Å². The van der Waals surface area contributed by atoms with Crippen LogP contribution in [0, 0.1) is 22.2 Å². The highest BCUT2D eigenvalue weighted by atomic mass is 28.3. The lowest BCUT2D eigenvalue weighted by Crippen LogP contribution is -2.34. The van der Waals surface area contributed by atoms with E-state index in [1.807, 2.05) is 41.5 Å². The van der Waals surface area contributed by atoms with E-state index in [1.54, 1.807) is 0 Å². The van der Waals surface area contributed by atoms with E-state index in [-0.39, 0.29) is 58.6 Å². The monoisotopic (exact) mass is 549 g/mol. The summed E-state index contributed by atoms with van der Waals surface area (Å²) in [6, 6.07) is 1.23. The second kappa shape index (κ2) is 19.3. The van der Waals surface area contributed by atoms with Gasteiger partial charge in [0.05, 0.1) is 17.4 Å². The second-order valence-corrected chi connectivity index (χ2v) is 19.1. The summed E-state index contributed by atoms with van der Waals surface area (Å²) in [6.45, 7) is 26.4. The van der Waals surface area contributed by atoms with E-state index in [9.17, 15) is 9.59 Å². The van der Waals surface area contributed by atoms with Gasteiger partial charge in [-0.3, -0.25) is 9.59 Å². The highest BCUT2D eigenvalue weighted by Gasteiger charge is 2.34. The highest BCUT2D eigenvalue weighted by molar-refractivity contribution is 6.76. The van der Waals surface area contributed by atoms with E-state index >= 15 is 0 Å². The zero-order valence-corrected chi connectivity index (χ0v) is 25.2. The maximum atomic E-state index is 12.0. The van der Waals surface area contributed by atoms with Crippen LogP contribution in [-0.4, -0.2) is 32.7 Å². The molecule has 0 aromatic heterocycles. The third-order valence-corrected chi connectivity index (χ3v) is 9.20. The van der Waals surface area contributed by atoms with Gasteiger partial charge in [-0.15, -0.1) is 0 Å². The zero-order chi connectivity index (χ0) is 26.1. The van der Waals surface area contributed by atoms with Gasteiger partial charge in [0.1, 0.15) is 6.10 Å². The fourth-order valence-electron chi connectivity index (χ4n) is 3.61. The average molecular weight is 549 g/mol. The van der Waals surface area contributed by atoms with E-state index < -0.39 is 8.07 Å². The minimum atomic E-state index is -0.975. The molecule has 0 amide bonds. The van der Waals surface area contributed by atoms with Crippen LogP contribution < -0.4 is 0 Å². The fourth-order valence-corrected chi connectivity index (χ4v) is 4.81. The summed E-state index contributed by atoms with van der Waals surface area (Å²) in [5.74, 6) is 0.691. The predicted octanol–water partition coefficient (Wildman–Crippen LogP) is 10.8. The maximum absolute atomic E-state index is 12.0. The molecule has 0 spiro atoms. The molecule has 0 saturated heterocycles. The summed E-state index contributed by atoms with van der Waals surface area (Å²) in [5, 5.41) is 0. The molecule has 5 heteroatoms. The summed E-state index contributed by atoms with van der Waals surface area (Å²) < 4.78 is 10.9. The Kier molecular flexibility index (Phi) is 24.0. The first-order valence-electron chi connectivity index (χ1n) is 13.2. The van der Waals surface area contributed by atoms with Crippen molar-refractivity contribution >= 4 is 20.0 Å². The molecule has 0 heterocycles. The standard InChI is InChI=1S/C16H30O2.C12H26O2Si.4CH4/c1-7-16(5,6)14(17)18-13-10-8-12(9-11-13)15(2,3)4;1-7-12(2,3)11(13)14-9-8-10-15(4,5)6;;;;/h12-13H,7-11H2,1-6H3;7-10H2,1-6H3;4*1H4. The van der Waals surface area contributed by atoms with Crippen LogP contribution in [0.4, 0.5) is 0 Å². The van der Waals surface area contributed by atoms with Crippen molar-refractivity contribution < 1.29 is 19.1 Å². The van der Waals surface area contributed by atoms with Gasteiger partial charge in [0, 0.05) is 8.07 Å². The molecule has 228 valence electrons. The van der Waals surface area contributed by atoms with Crippen LogP contribution in [0.25, 0.3) is 0 Å². The second-order valence-electron chi connectivity index (χ2n) is 13.5. The quantitative estimate of drug-likeness (QED) is 0.163. The minimum absolute atomic E-state index is 0. The third-order valence-electron chi connectivity index (χ3n) is 7.35. The molecule has 1 saturated carbocycles. The molecule has 37 heavy (non-hydrogen) atoms. The molecule has 1 fully saturated rings. The SMILES string of the molecule is C.C.C.C.CCC(C)(C)C(=O)OC1CCC(C(C)(C)C)CC1.CCC(C)(C)C(=O)OCCC[Si](C)(C)C. The number of rotatable bonds is 9. The molecular formula is C32H72O4Si. The summed E-state index contributed by atoms with van der Waals surface area (Å²) in [5.41, 5.74) is -0.266. The molecule has 0 unspecified atom stereocenters. The number of hydrogen-bond donors (Lipinski definition) is 0. The molecule has 0 radical (unpaired) electrons. The first-order chi connectivity index (χ1) is 14.9. The van der Waals surface area contributed by atoms with Gasteiger partial charge in [0.2, 0.25) is 0 Å². The lowest BCUT2D eigenvalue weighted by atomic mass is 9.72. The molecule has 1 rings (SSSR count). The minimum Gasteiger partial charge on any atom is -0.465 e. The van der Waals surface area contributed by atoms with Crippen molar-refractivity contribution in [3.63, 3.8) is 0 Å². The largest absolute Gasteiger partial charge is 0.465 e. The molecule has 1 aliphatic rings. The van der Waals surface area contributed by atoms with Crippen molar-refractivity contribution in [2.24, 2.45) is 22.2 Å². The van der Waals surface area contributed by atoms with Gasteiger partial charge < -0.3 is 9.47 Å². The Bertz CT molecular complexity index is 589. The summed E-state index contributed by atoms with van der Waals surface area (Å²) in [6.07, 6.45) is 7.29. The molecular weight excluding hydrogens is 476 g/mol. The Morgan fingerprint density at radius 3 is 1.49 bits per heavy atom. The number of carbonyl (C=O) groups excluding carboxylic acids is 2. The van der Waals surface area contributed by atoms with E-state index in [1.165, 1.54) is 18.9 Å². The van der Waals surface area contributed by atoms with Crippen LogP contribution in [0.1, 0.15) is 137 Å². The van der Waals surface area contributed by atoms with Gasteiger partial charge in [-0.25, -0.2) is 0 Å². The Labute approximate surface area is 236 Å². The van der Waals surface area contributed by atoms with Crippen molar-refractivity contribution in [3.05, 3.63) is 0 Å². The highest BCUT2D eigenvalue weighted by Crippen LogP contribution is 2.39. The molecule has 0 aromatic carbocycles. The van der Waals surface area contributed by atoms with Crippen LogP contribution >= 0.6 is 0 Å². The Morgan fingerprint density at radius 1 is 0.730 bits per heavy atom. The molecule has 0 atom stereocenters. The molecule has 1 aliphatic carbocycles. The Morgan fingerprint density at radius 2 is 1.14 bits per heavy atom. The van der Waals surface area contributed by atoms with E-state index in [4.69, 9.17) is 9.47 Å². The first-order valence-corrected chi connectivity index (χ1v) is 16.9. The van der Waals surface area contributed by atoms with Crippen LogP contribution in [0.3, 0.4) is 0 Å². The smallest absolute Gasteiger partial charge is 0.311 e. The van der Waals surface area contributed by atoms with Crippen molar-refractivity contribution in [2.75, 3.05) is 6.61 Å². The first kappa shape index (κ1) is 46.0. The summed E-state index contributed by atoms with van der Waals surface area (Å²) in [7, 11) is -0.975. The fraction of sp³-hybridized carbons (Fsp3) is 0.938. The van der Waals surface area contributed by atoms with Crippen LogP contribution in [0.15, 0.2) is 0 Å². The van der Waals surface area contributed by atoms with E-state index in [2.05, 4.69) is 40.4 Å². The summed E-state index contributed by atoms with van der Waals surface area (Å²) >= 11 is 0. The van der Waals surface area contributed by atoms with Crippen molar-refractivity contribution in [1.29, 1.82) is 0 Å². The Hall–Kier alpha value is -0.843. The number of carbonyl (C=O) groups is 2. The van der Waals surface area contributed by atoms with Crippen molar-refractivity contribution in [1.82, 2.24) is 0 Å². The predicted molar refractivity (Wildman–Crippen MR) is 170 cm³/mol. The lowest BCUT2D eigenvalue weighted by Gasteiger charge is -2.37. The molecule has 0 N–H and O–H groups in total. The van der Waals surface area contributed by atoms with Gasteiger partial charge in [-0.2, -0.15) is 0 Å². The number of esters is 2. The maximum Gasteiger partial charge on any atom is 0.311 e. The molecule has 0 aromatic rings. The molecule has 0 aliphatic heterocycles. The third kappa shape index (κ3) is 19.0. The van der Waals surface area contributed by atoms with Crippen molar-refractivity contribution in [2.45, 2.75) is 169 Å². The van der Waals surface area contributed by atoms with Gasteiger partial charge in [0.15, 0.2) is 0 Å². The van der Waals surface area contributed by atoms with Crippen LogP contribution in [0.5, 0.6) is 0 Å². The number of ether oxygens (including phenoxy) is 2. The zero-order valence-electron chi connectivity index (χ0n) is 24.2. The Balaban J connectivity index is -0.000000169. The average Bonchev–Trinajstić information content (AvgIpc) is 2.70. The summed E-state index contributed by atoms with van der Waals surface area (Å²) in [4.78, 5) is 23.6. The van der Waals surface area contributed by atoms with Gasteiger partial charge in [-0.1, -0.05) is 90.0 Å². The number of hydrogen-bond acceptors (Lipinski definition) is 4. The van der Waals surface area contributed by atoms with Crippen LogP contribution in [0.2, 0.25) is 25.7 Å². The normalized spacial score (nSPS) is 17.7.